The molecule has 6 nitrogen and oxygen atoms in total. The first-order chi connectivity index (χ1) is 10.3. The molecule has 110 valence electrons. The van der Waals surface area contributed by atoms with Crippen molar-refractivity contribution in [2.75, 3.05) is 31.6 Å². The van der Waals surface area contributed by atoms with Gasteiger partial charge in [-0.3, -0.25) is 14.7 Å². The first-order valence-corrected chi connectivity index (χ1v) is 7.54. The first kappa shape index (κ1) is 14.0. The zero-order valence-electron chi connectivity index (χ0n) is 11.7. The Morgan fingerprint density at radius 1 is 1.43 bits per heavy atom. The quantitative estimate of drug-likeness (QED) is 0.854. The number of anilines is 1. The van der Waals surface area contributed by atoms with Crippen LogP contribution in [0.15, 0.2) is 30.0 Å². The average Bonchev–Trinajstić information content (AvgIpc) is 3.00. The van der Waals surface area contributed by atoms with E-state index in [1.165, 1.54) is 4.88 Å². The van der Waals surface area contributed by atoms with Crippen molar-refractivity contribution in [3.8, 4) is 5.88 Å². The zero-order chi connectivity index (χ0) is 14.7. The van der Waals surface area contributed by atoms with Crippen molar-refractivity contribution in [2.24, 2.45) is 0 Å². The molecule has 0 unspecified atom stereocenters. The smallest absolute Gasteiger partial charge is 0.241 e. The van der Waals surface area contributed by atoms with E-state index in [2.05, 4.69) is 14.9 Å². The SMILES string of the molecule is COc1cc(N2CCN(Cc3cncs3)CC2=O)ccn1. The molecule has 7 heteroatoms. The number of carbonyl (C=O) groups is 1. The second-order valence-electron chi connectivity index (χ2n) is 4.78. The van der Waals surface area contributed by atoms with Gasteiger partial charge < -0.3 is 9.64 Å². The molecule has 0 bridgehead atoms. The lowest BCUT2D eigenvalue weighted by Gasteiger charge is -2.34. The molecule has 3 heterocycles. The Balaban J connectivity index is 1.66. The van der Waals surface area contributed by atoms with Crippen LogP contribution in [-0.4, -0.2) is 47.5 Å². The highest BCUT2D eigenvalue weighted by atomic mass is 32.1. The maximum atomic E-state index is 12.3. The molecule has 1 aliphatic rings. The fraction of sp³-hybridized carbons (Fsp3) is 0.357. The molecule has 0 aromatic carbocycles. The van der Waals surface area contributed by atoms with E-state index < -0.39 is 0 Å². The lowest BCUT2D eigenvalue weighted by atomic mass is 10.2. The van der Waals surface area contributed by atoms with Crippen LogP contribution in [0.3, 0.4) is 0 Å². The zero-order valence-corrected chi connectivity index (χ0v) is 12.5. The van der Waals surface area contributed by atoms with Crippen LogP contribution in [0.25, 0.3) is 0 Å². The summed E-state index contributed by atoms with van der Waals surface area (Å²) in [6.45, 7) is 2.71. The highest BCUT2D eigenvalue weighted by molar-refractivity contribution is 7.09. The molecule has 0 saturated carbocycles. The molecule has 21 heavy (non-hydrogen) atoms. The standard InChI is InChI=1S/C14H16N4O2S/c1-20-13-6-11(2-3-16-13)18-5-4-17(9-14(18)19)8-12-7-15-10-21-12/h2-3,6-7,10H,4-5,8-9H2,1H3. The van der Waals surface area contributed by atoms with Crippen LogP contribution in [0, 0.1) is 0 Å². The van der Waals surface area contributed by atoms with E-state index in [1.54, 1.807) is 35.6 Å². The summed E-state index contributed by atoms with van der Waals surface area (Å²) in [4.78, 5) is 25.6. The lowest BCUT2D eigenvalue weighted by Crippen LogP contribution is -2.50. The van der Waals surface area contributed by atoms with E-state index >= 15 is 0 Å². The van der Waals surface area contributed by atoms with Gasteiger partial charge in [-0.05, 0) is 6.07 Å². The predicted molar refractivity (Wildman–Crippen MR) is 80.5 cm³/mol. The van der Waals surface area contributed by atoms with Gasteiger partial charge in [0.05, 0.1) is 24.9 Å². The van der Waals surface area contributed by atoms with Gasteiger partial charge in [0.2, 0.25) is 11.8 Å². The Morgan fingerprint density at radius 2 is 2.33 bits per heavy atom. The molecule has 0 aliphatic carbocycles. The Labute approximate surface area is 127 Å². The summed E-state index contributed by atoms with van der Waals surface area (Å²) >= 11 is 1.62. The molecule has 3 rings (SSSR count). The number of methoxy groups -OCH3 is 1. The molecule has 1 aliphatic heterocycles. The van der Waals surface area contributed by atoms with Crippen LogP contribution in [0.1, 0.15) is 4.88 Å². The minimum Gasteiger partial charge on any atom is -0.481 e. The second-order valence-corrected chi connectivity index (χ2v) is 5.75. The Bertz CT molecular complexity index is 617. The van der Waals surface area contributed by atoms with Gasteiger partial charge in [-0.25, -0.2) is 4.98 Å². The lowest BCUT2D eigenvalue weighted by molar-refractivity contribution is -0.121. The number of thiazole rings is 1. The summed E-state index contributed by atoms with van der Waals surface area (Å²) < 4.78 is 5.11. The number of piperazine rings is 1. The Hall–Kier alpha value is -1.99. The van der Waals surface area contributed by atoms with Gasteiger partial charge in [0.25, 0.3) is 0 Å². The van der Waals surface area contributed by atoms with Gasteiger partial charge in [-0.2, -0.15) is 0 Å². The van der Waals surface area contributed by atoms with Crippen molar-refractivity contribution in [1.82, 2.24) is 14.9 Å². The molecule has 2 aromatic heterocycles. The highest BCUT2D eigenvalue weighted by Crippen LogP contribution is 2.21. The van der Waals surface area contributed by atoms with Crippen molar-refractivity contribution >= 4 is 22.9 Å². The maximum absolute atomic E-state index is 12.3. The van der Waals surface area contributed by atoms with Crippen molar-refractivity contribution in [3.63, 3.8) is 0 Å². The number of ether oxygens (including phenoxy) is 1. The van der Waals surface area contributed by atoms with Crippen LogP contribution in [0.2, 0.25) is 0 Å². The summed E-state index contributed by atoms with van der Waals surface area (Å²) in [6.07, 6.45) is 3.51. The number of hydrogen-bond donors (Lipinski definition) is 0. The second kappa shape index (κ2) is 6.19. The number of pyridine rings is 1. The Kier molecular flexibility index (Phi) is 4.12. The minimum atomic E-state index is 0.0963. The van der Waals surface area contributed by atoms with Crippen molar-refractivity contribution in [2.45, 2.75) is 6.54 Å². The normalized spacial score (nSPS) is 16.2. The minimum absolute atomic E-state index is 0.0963. The topological polar surface area (TPSA) is 58.6 Å². The molecule has 1 amide bonds. The van der Waals surface area contributed by atoms with E-state index in [0.29, 0.717) is 19.0 Å². The molecule has 0 spiro atoms. The molecule has 0 N–H and O–H groups in total. The van der Waals surface area contributed by atoms with Crippen LogP contribution < -0.4 is 9.64 Å². The van der Waals surface area contributed by atoms with E-state index in [-0.39, 0.29) is 5.91 Å². The molecule has 0 radical (unpaired) electrons. The molecular weight excluding hydrogens is 288 g/mol. The number of carbonyl (C=O) groups excluding carboxylic acids is 1. The van der Waals surface area contributed by atoms with Gasteiger partial charge in [0.1, 0.15) is 0 Å². The summed E-state index contributed by atoms with van der Waals surface area (Å²) in [7, 11) is 1.57. The first-order valence-electron chi connectivity index (χ1n) is 6.66. The van der Waals surface area contributed by atoms with E-state index in [1.807, 2.05) is 17.8 Å². The van der Waals surface area contributed by atoms with E-state index in [4.69, 9.17) is 4.74 Å². The molecular formula is C14H16N4O2S. The van der Waals surface area contributed by atoms with Crippen LogP contribution in [-0.2, 0) is 11.3 Å². The maximum Gasteiger partial charge on any atom is 0.241 e. The van der Waals surface area contributed by atoms with Crippen molar-refractivity contribution in [1.29, 1.82) is 0 Å². The molecule has 0 atom stereocenters. The van der Waals surface area contributed by atoms with E-state index in [0.717, 1.165) is 18.8 Å². The number of nitrogens with zero attached hydrogens (tertiary/aromatic N) is 4. The predicted octanol–water partition coefficient (Wildman–Crippen LogP) is 1.40. The summed E-state index contributed by atoms with van der Waals surface area (Å²) in [5.74, 6) is 0.617. The van der Waals surface area contributed by atoms with Crippen LogP contribution in [0.5, 0.6) is 5.88 Å². The molecule has 1 saturated heterocycles. The monoisotopic (exact) mass is 304 g/mol. The average molecular weight is 304 g/mol. The van der Waals surface area contributed by atoms with Crippen LogP contribution in [0.4, 0.5) is 5.69 Å². The van der Waals surface area contributed by atoms with E-state index in [9.17, 15) is 4.79 Å². The fourth-order valence-corrected chi connectivity index (χ4v) is 2.98. The largest absolute Gasteiger partial charge is 0.481 e. The van der Waals surface area contributed by atoms with Gasteiger partial charge in [0.15, 0.2) is 0 Å². The number of hydrogen-bond acceptors (Lipinski definition) is 6. The van der Waals surface area contributed by atoms with Gasteiger partial charge >= 0.3 is 0 Å². The summed E-state index contributed by atoms with van der Waals surface area (Å²) in [5.41, 5.74) is 2.65. The number of rotatable bonds is 4. The highest BCUT2D eigenvalue weighted by Gasteiger charge is 2.25. The third-order valence-corrected chi connectivity index (χ3v) is 4.17. The summed E-state index contributed by atoms with van der Waals surface area (Å²) in [5, 5.41) is 0. The Morgan fingerprint density at radius 3 is 3.05 bits per heavy atom. The van der Waals surface area contributed by atoms with Gasteiger partial charge in [-0.1, -0.05) is 0 Å². The van der Waals surface area contributed by atoms with Crippen molar-refractivity contribution < 1.29 is 9.53 Å². The van der Waals surface area contributed by atoms with Gasteiger partial charge in [-0.15, -0.1) is 11.3 Å². The molecule has 1 fully saturated rings. The third kappa shape index (κ3) is 3.20. The fourth-order valence-electron chi connectivity index (χ4n) is 2.35. The number of amides is 1. The van der Waals surface area contributed by atoms with Crippen LogP contribution >= 0.6 is 11.3 Å². The van der Waals surface area contributed by atoms with Crippen molar-refractivity contribution in [3.05, 3.63) is 34.9 Å². The third-order valence-electron chi connectivity index (χ3n) is 3.40. The van der Waals surface area contributed by atoms with Gasteiger partial charge in [0, 0.05) is 43.0 Å². The number of aromatic nitrogens is 2. The molecule has 2 aromatic rings. The summed E-state index contributed by atoms with van der Waals surface area (Å²) in [6, 6.07) is 3.62.